The number of thioether (sulfide) groups is 1. The molecule has 0 saturated heterocycles. The summed E-state index contributed by atoms with van der Waals surface area (Å²) in [4.78, 5) is 0.546. The number of benzene rings is 3. The molecule has 0 radical (unpaired) electrons. The monoisotopic (exact) mass is 435 g/mol. The Hall–Kier alpha value is -2.39. The van der Waals surface area contributed by atoms with Crippen molar-refractivity contribution in [2.45, 2.75) is 31.8 Å². The Kier molecular flexibility index (Phi) is 7.49. The summed E-state index contributed by atoms with van der Waals surface area (Å²) in [5, 5.41) is 11.4. The summed E-state index contributed by atoms with van der Waals surface area (Å²) in [6.07, 6.45) is -0.0605. The van der Waals surface area contributed by atoms with Crippen molar-refractivity contribution in [1.29, 1.82) is 5.26 Å². The molecule has 5 heteroatoms. The van der Waals surface area contributed by atoms with Crippen LogP contribution in [0.3, 0.4) is 0 Å². The fourth-order valence-corrected chi connectivity index (χ4v) is 7.20. The first-order valence-electron chi connectivity index (χ1n) is 9.96. The lowest BCUT2D eigenvalue weighted by molar-refractivity contribution is 0.111. The van der Waals surface area contributed by atoms with E-state index in [0.29, 0.717) is 16.2 Å². The summed E-state index contributed by atoms with van der Waals surface area (Å²) in [6, 6.07) is 27.4. The Balaban J connectivity index is 1.84. The summed E-state index contributed by atoms with van der Waals surface area (Å²) >= 11 is 1.45. The second kappa shape index (κ2) is 10.1. The molecule has 3 aromatic carbocycles. The largest absolute Gasteiger partial charge is 0.407 e. The normalized spacial score (nSPS) is 12.5. The van der Waals surface area contributed by atoms with Crippen LogP contribution >= 0.6 is 11.8 Å². The topological polar surface area (TPSA) is 33.0 Å². The van der Waals surface area contributed by atoms with Crippen LogP contribution in [-0.4, -0.2) is 20.9 Å². The lowest BCUT2D eigenvalue weighted by Gasteiger charge is -2.34. The maximum Gasteiger partial charge on any atom is 0.240 e. The van der Waals surface area contributed by atoms with Gasteiger partial charge in [-0.1, -0.05) is 81.4 Å². The molecule has 1 unspecified atom stereocenters. The smallest absolute Gasteiger partial charge is 0.240 e. The van der Waals surface area contributed by atoms with Crippen LogP contribution in [-0.2, 0) is 4.43 Å². The van der Waals surface area contributed by atoms with E-state index in [1.165, 1.54) is 28.2 Å². The first kappa shape index (κ1) is 22.3. The molecule has 0 aromatic heterocycles. The molecule has 3 aromatic rings. The van der Waals surface area contributed by atoms with E-state index in [2.05, 4.69) is 69.3 Å². The van der Waals surface area contributed by atoms with E-state index >= 15 is 0 Å². The standard InChI is InChI=1S/C25H26FNOSSi/c1-25(2,3)24(18-29-23-15-14-19(17-27)16-22(23)26)28-30(20-10-6-4-7-11-20)21-12-8-5-9-13-21/h4-16,24,30H,18H2,1-3H3. The van der Waals surface area contributed by atoms with Crippen molar-refractivity contribution >= 4 is 31.2 Å². The van der Waals surface area contributed by atoms with Gasteiger partial charge < -0.3 is 4.43 Å². The van der Waals surface area contributed by atoms with Crippen LogP contribution in [0.5, 0.6) is 0 Å². The van der Waals surface area contributed by atoms with Gasteiger partial charge >= 0.3 is 0 Å². The number of nitriles is 1. The van der Waals surface area contributed by atoms with Gasteiger partial charge in [-0.15, -0.1) is 11.8 Å². The molecular weight excluding hydrogens is 409 g/mol. The number of hydrogen-bond donors (Lipinski definition) is 0. The predicted octanol–water partition coefficient (Wildman–Crippen LogP) is 4.76. The Morgan fingerprint density at radius 2 is 1.53 bits per heavy atom. The molecule has 0 spiro atoms. The van der Waals surface area contributed by atoms with Crippen molar-refractivity contribution in [3.63, 3.8) is 0 Å². The summed E-state index contributed by atoms with van der Waals surface area (Å²) in [6.45, 7) is 6.48. The van der Waals surface area contributed by atoms with E-state index < -0.39 is 9.04 Å². The number of rotatable bonds is 7. The van der Waals surface area contributed by atoms with Crippen LogP contribution in [0.4, 0.5) is 4.39 Å². The maximum absolute atomic E-state index is 14.4. The average Bonchev–Trinajstić information content (AvgIpc) is 2.75. The molecule has 0 amide bonds. The van der Waals surface area contributed by atoms with Crippen LogP contribution in [0.1, 0.15) is 26.3 Å². The van der Waals surface area contributed by atoms with Gasteiger partial charge in [-0.05, 0) is 34.0 Å². The second-order valence-electron chi connectivity index (χ2n) is 8.26. The molecule has 154 valence electrons. The average molecular weight is 436 g/mol. The zero-order valence-corrected chi connectivity index (χ0v) is 19.5. The minimum atomic E-state index is -1.91. The van der Waals surface area contributed by atoms with Crippen molar-refractivity contribution in [2.75, 3.05) is 5.75 Å². The Morgan fingerprint density at radius 3 is 2.00 bits per heavy atom. The highest BCUT2D eigenvalue weighted by Gasteiger charge is 2.30. The third-order valence-electron chi connectivity index (χ3n) is 4.92. The number of nitrogens with zero attached hydrogens (tertiary/aromatic N) is 1. The predicted molar refractivity (Wildman–Crippen MR) is 125 cm³/mol. The fourth-order valence-electron chi connectivity index (χ4n) is 3.12. The summed E-state index contributed by atoms with van der Waals surface area (Å²) in [7, 11) is -1.91. The van der Waals surface area contributed by atoms with Crippen LogP contribution < -0.4 is 10.4 Å². The molecule has 0 aliphatic carbocycles. The quantitative estimate of drug-likeness (QED) is 0.396. The van der Waals surface area contributed by atoms with Crippen molar-refractivity contribution in [3.8, 4) is 6.07 Å². The van der Waals surface area contributed by atoms with Gasteiger partial charge in [-0.3, -0.25) is 0 Å². The molecule has 2 nitrogen and oxygen atoms in total. The molecular formula is C25H26FNOSSi. The van der Waals surface area contributed by atoms with Gasteiger partial charge in [0.1, 0.15) is 5.82 Å². The Labute approximate surface area is 184 Å². The molecule has 3 rings (SSSR count). The summed E-state index contributed by atoms with van der Waals surface area (Å²) < 4.78 is 21.2. The first-order chi connectivity index (χ1) is 14.4. The highest BCUT2D eigenvalue weighted by atomic mass is 32.2. The SMILES string of the molecule is CC(C)(C)C(CSc1ccc(C#N)cc1F)O[SiH](c1ccccc1)c1ccccc1. The molecule has 0 aliphatic rings. The fraction of sp³-hybridized carbons (Fsp3) is 0.240. The van der Waals surface area contributed by atoms with Gasteiger partial charge in [0.05, 0.1) is 17.7 Å². The van der Waals surface area contributed by atoms with Crippen molar-refractivity contribution in [3.05, 3.63) is 90.2 Å². The van der Waals surface area contributed by atoms with E-state index in [0.717, 1.165) is 0 Å². The first-order valence-corrected chi connectivity index (χ1v) is 12.6. The van der Waals surface area contributed by atoms with Crippen LogP contribution in [0.2, 0.25) is 0 Å². The summed E-state index contributed by atoms with van der Waals surface area (Å²) in [5.41, 5.74) is 0.228. The van der Waals surface area contributed by atoms with Crippen LogP contribution in [0.15, 0.2) is 83.8 Å². The third-order valence-corrected chi connectivity index (χ3v) is 8.62. The van der Waals surface area contributed by atoms with Crippen LogP contribution in [0.25, 0.3) is 0 Å². The lowest BCUT2D eigenvalue weighted by Crippen LogP contribution is -2.50. The molecule has 0 saturated carbocycles. The van der Waals surface area contributed by atoms with E-state index in [-0.39, 0.29) is 17.3 Å². The van der Waals surface area contributed by atoms with Crippen molar-refractivity contribution in [2.24, 2.45) is 5.41 Å². The van der Waals surface area contributed by atoms with Crippen molar-refractivity contribution < 1.29 is 8.82 Å². The summed E-state index contributed by atoms with van der Waals surface area (Å²) in [5.74, 6) is 0.279. The molecule has 0 aliphatic heterocycles. The molecule has 1 atom stereocenters. The highest BCUT2D eigenvalue weighted by molar-refractivity contribution is 7.99. The zero-order chi connectivity index (χ0) is 21.6. The second-order valence-corrected chi connectivity index (χ2v) is 11.7. The minimum absolute atomic E-state index is 0.0605. The number of halogens is 1. The molecule has 0 N–H and O–H groups in total. The third kappa shape index (κ3) is 5.82. The Morgan fingerprint density at radius 1 is 0.967 bits per heavy atom. The maximum atomic E-state index is 14.4. The molecule has 0 bridgehead atoms. The number of hydrogen-bond acceptors (Lipinski definition) is 3. The molecule has 0 fully saturated rings. The van der Waals surface area contributed by atoms with E-state index in [4.69, 9.17) is 9.69 Å². The highest BCUT2D eigenvalue weighted by Crippen LogP contribution is 2.31. The van der Waals surface area contributed by atoms with E-state index in [1.807, 2.05) is 18.2 Å². The van der Waals surface area contributed by atoms with Gasteiger partial charge in [-0.25, -0.2) is 4.39 Å². The van der Waals surface area contributed by atoms with Gasteiger partial charge in [0.15, 0.2) is 0 Å². The minimum Gasteiger partial charge on any atom is -0.407 e. The van der Waals surface area contributed by atoms with Gasteiger partial charge in [-0.2, -0.15) is 5.26 Å². The van der Waals surface area contributed by atoms with Crippen LogP contribution in [0, 0.1) is 22.6 Å². The zero-order valence-electron chi connectivity index (χ0n) is 17.5. The Bertz CT molecular complexity index is 960. The molecule has 30 heavy (non-hydrogen) atoms. The van der Waals surface area contributed by atoms with Gasteiger partial charge in [0.2, 0.25) is 9.04 Å². The molecule has 0 heterocycles. The van der Waals surface area contributed by atoms with Gasteiger partial charge in [0, 0.05) is 10.6 Å². The van der Waals surface area contributed by atoms with E-state index in [9.17, 15) is 4.39 Å². The lowest BCUT2D eigenvalue weighted by atomic mass is 9.90. The van der Waals surface area contributed by atoms with Crippen molar-refractivity contribution in [1.82, 2.24) is 0 Å². The van der Waals surface area contributed by atoms with E-state index in [1.54, 1.807) is 12.1 Å². The van der Waals surface area contributed by atoms with Gasteiger partial charge in [0.25, 0.3) is 0 Å².